The lowest BCUT2D eigenvalue weighted by Crippen LogP contribution is -2.43. The number of para-hydroxylation sites is 1. The van der Waals surface area contributed by atoms with Crippen molar-refractivity contribution >= 4 is 17.8 Å². The molecule has 1 saturated heterocycles. The van der Waals surface area contributed by atoms with Gasteiger partial charge in [-0.1, -0.05) is 18.2 Å². The minimum absolute atomic E-state index is 0.0224. The second kappa shape index (κ2) is 9.79. The molecule has 1 aromatic carbocycles. The van der Waals surface area contributed by atoms with Gasteiger partial charge in [0.1, 0.15) is 12.3 Å². The first-order valence-corrected chi connectivity index (χ1v) is 8.92. The fourth-order valence-electron chi connectivity index (χ4n) is 3.21. The molecule has 26 heavy (non-hydrogen) atoms. The monoisotopic (exact) mass is 362 g/mol. The van der Waals surface area contributed by atoms with Gasteiger partial charge in [-0.05, 0) is 31.4 Å². The van der Waals surface area contributed by atoms with E-state index in [1.54, 1.807) is 4.90 Å². The highest BCUT2D eigenvalue weighted by molar-refractivity contribution is 5.80. The van der Waals surface area contributed by atoms with Crippen molar-refractivity contribution in [2.24, 2.45) is 0 Å². The third-order valence-corrected chi connectivity index (χ3v) is 4.53. The van der Waals surface area contributed by atoms with Crippen LogP contribution in [0.2, 0.25) is 0 Å². The Hall–Kier alpha value is -2.57. The fourth-order valence-corrected chi connectivity index (χ4v) is 3.21. The fraction of sp³-hybridized carbons (Fsp3) is 0.526. The average molecular weight is 362 g/mol. The molecule has 1 fully saturated rings. The van der Waals surface area contributed by atoms with Gasteiger partial charge in [0.2, 0.25) is 11.8 Å². The molecule has 1 aliphatic heterocycles. The third kappa shape index (κ3) is 6.06. The van der Waals surface area contributed by atoms with Crippen LogP contribution >= 0.6 is 0 Å². The lowest BCUT2D eigenvalue weighted by molar-refractivity contribution is -0.145. The van der Waals surface area contributed by atoms with Crippen molar-refractivity contribution in [2.75, 3.05) is 26.2 Å². The summed E-state index contributed by atoms with van der Waals surface area (Å²) in [5.41, 5.74) is 0. The molecule has 2 amide bonds. The number of carbonyl (C=O) groups is 3. The summed E-state index contributed by atoms with van der Waals surface area (Å²) in [4.78, 5) is 38.3. The molecule has 2 rings (SSSR count). The molecule has 1 aromatic rings. The van der Waals surface area contributed by atoms with E-state index in [-0.39, 0.29) is 24.4 Å². The smallest absolute Gasteiger partial charge is 0.323 e. The Morgan fingerprint density at radius 3 is 2.58 bits per heavy atom. The SMILES string of the molecule is CC(=O)N(CC(=O)O)[C@H]1CCCN(C(=O)CCOc2ccccc2)CC1. The molecule has 0 aromatic heterocycles. The number of rotatable bonds is 7. The molecule has 0 unspecified atom stereocenters. The van der Waals surface area contributed by atoms with Crippen LogP contribution in [-0.2, 0) is 14.4 Å². The van der Waals surface area contributed by atoms with Gasteiger partial charge < -0.3 is 19.6 Å². The molecular weight excluding hydrogens is 336 g/mol. The number of ether oxygens (including phenoxy) is 1. The van der Waals surface area contributed by atoms with Crippen LogP contribution in [0.15, 0.2) is 30.3 Å². The number of aliphatic carboxylic acids is 1. The van der Waals surface area contributed by atoms with E-state index < -0.39 is 5.97 Å². The number of nitrogens with zero attached hydrogens (tertiary/aromatic N) is 2. The minimum Gasteiger partial charge on any atom is -0.493 e. The first kappa shape index (κ1) is 19.8. The van der Waals surface area contributed by atoms with Gasteiger partial charge >= 0.3 is 5.97 Å². The van der Waals surface area contributed by atoms with E-state index in [9.17, 15) is 14.4 Å². The van der Waals surface area contributed by atoms with E-state index in [1.165, 1.54) is 11.8 Å². The van der Waals surface area contributed by atoms with Gasteiger partial charge in [0.05, 0.1) is 13.0 Å². The van der Waals surface area contributed by atoms with Crippen LogP contribution in [0.1, 0.15) is 32.6 Å². The van der Waals surface area contributed by atoms with Gasteiger partial charge in [-0.25, -0.2) is 0 Å². The molecule has 0 aliphatic carbocycles. The van der Waals surface area contributed by atoms with Crippen molar-refractivity contribution in [1.82, 2.24) is 9.80 Å². The third-order valence-electron chi connectivity index (χ3n) is 4.53. The molecule has 1 heterocycles. The Morgan fingerprint density at radius 2 is 1.92 bits per heavy atom. The topological polar surface area (TPSA) is 87.2 Å². The summed E-state index contributed by atoms with van der Waals surface area (Å²) in [6.07, 6.45) is 2.35. The maximum atomic E-state index is 12.4. The number of carbonyl (C=O) groups excluding carboxylic acids is 2. The maximum absolute atomic E-state index is 12.4. The van der Waals surface area contributed by atoms with Gasteiger partial charge in [0.15, 0.2) is 0 Å². The molecule has 1 atom stereocenters. The summed E-state index contributed by atoms with van der Waals surface area (Å²) < 4.78 is 5.57. The van der Waals surface area contributed by atoms with Crippen molar-refractivity contribution in [2.45, 2.75) is 38.6 Å². The first-order valence-electron chi connectivity index (χ1n) is 8.92. The van der Waals surface area contributed by atoms with Crippen LogP contribution < -0.4 is 4.74 Å². The van der Waals surface area contributed by atoms with E-state index in [0.29, 0.717) is 39.0 Å². The van der Waals surface area contributed by atoms with Crippen LogP contribution in [0.5, 0.6) is 5.75 Å². The van der Waals surface area contributed by atoms with Crippen LogP contribution in [0.3, 0.4) is 0 Å². The second-order valence-corrected chi connectivity index (χ2v) is 6.42. The summed E-state index contributed by atoms with van der Waals surface area (Å²) in [7, 11) is 0. The quantitative estimate of drug-likeness (QED) is 0.799. The highest BCUT2D eigenvalue weighted by Crippen LogP contribution is 2.18. The zero-order valence-electron chi connectivity index (χ0n) is 15.1. The number of carboxylic acid groups (broad SMARTS) is 1. The predicted molar refractivity (Wildman–Crippen MR) is 95.8 cm³/mol. The molecular formula is C19H26N2O5. The molecule has 7 nitrogen and oxygen atoms in total. The lowest BCUT2D eigenvalue weighted by Gasteiger charge is -2.28. The zero-order valence-corrected chi connectivity index (χ0v) is 15.1. The second-order valence-electron chi connectivity index (χ2n) is 6.42. The van der Waals surface area contributed by atoms with Crippen molar-refractivity contribution in [3.8, 4) is 5.75 Å². The predicted octanol–water partition coefficient (Wildman–Crippen LogP) is 1.77. The molecule has 1 N–H and O–H groups in total. The van der Waals surface area contributed by atoms with Gasteiger partial charge in [0, 0.05) is 26.1 Å². The molecule has 7 heteroatoms. The Balaban J connectivity index is 1.82. The minimum atomic E-state index is -1.02. The Labute approximate surface area is 153 Å². The summed E-state index contributed by atoms with van der Waals surface area (Å²) >= 11 is 0. The van der Waals surface area contributed by atoms with Crippen LogP contribution in [0.4, 0.5) is 0 Å². The number of benzene rings is 1. The maximum Gasteiger partial charge on any atom is 0.323 e. The molecule has 1 aliphatic rings. The van der Waals surface area contributed by atoms with Gasteiger partial charge in [-0.15, -0.1) is 0 Å². The van der Waals surface area contributed by atoms with E-state index >= 15 is 0 Å². The van der Waals surface area contributed by atoms with E-state index in [0.717, 1.165) is 12.2 Å². The molecule has 0 saturated carbocycles. The van der Waals surface area contributed by atoms with Gasteiger partial charge in [0.25, 0.3) is 0 Å². The number of likely N-dealkylation sites (tertiary alicyclic amines) is 1. The largest absolute Gasteiger partial charge is 0.493 e. The average Bonchev–Trinajstić information content (AvgIpc) is 2.86. The van der Waals surface area contributed by atoms with Crippen molar-refractivity contribution in [3.05, 3.63) is 30.3 Å². The van der Waals surface area contributed by atoms with Gasteiger partial charge in [-0.3, -0.25) is 14.4 Å². The normalized spacial score (nSPS) is 17.3. The first-order chi connectivity index (χ1) is 12.5. The van der Waals surface area contributed by atoms with Gasteiger partial charge in [-0.2, -0.15) is 0 Å². The summed E-state index contributed by atoms with van der Waals surface area (Å²) in [6, 6.07) is 9.22. The number of hydrogen-bond donors (Lipinski definition) is 1. The van der Waals surface area contributed by atoms with Crippen LogP contribution in [0, 0.1) is 0 Å². The number of carboxylic acids is 1. The highest BCUT2D eigenvalue weighted by atomic mass is 16.5. The summed E-state index contributed by atoms with van der Waals surface area (Å²) in [6.45, 7) is 2.57. The van der Waals surface area contributed by atoms with E-state index in [1.807, 2.05) is 30.3 Å². The highest BCUT2D eigenvalue weighted by Gasteiger charge is 2.27. The van der Waals surface area contributed by atoms with Crippen LogP contribution in [0.25, 0.3) is 0 Å². The number of hydrogen-bond acceptors (Lipinski definition) is 4. The zero-order chi connectivity index (χ0) is 18.9. The standard InChI is InChI=1S/C19H26N2O5/c1-15(22)21(14-19(24)25)16-6-5-11-20(12-9-16)18(23)10-13-26-17-7-3-2-4-8-17/h2-4,7-8,16H,5-6,9-14H2,1H3,(H,24,25)/t16-/m0/s1. The molecule has 0 bridgehead atoms. The van der Waals surface area contributed by atoms with Crippen molar-refractivity contribution < 1.29 is 24.2 Å². The summed E-state index contributed by atoms with van der Waals surface area (Å²) in [5, 5.41) is 8.99. The van der Waals surface area contributed by atoms with Crippen molar-refractivity contribution in [3.63, 3.8) is 0 Å². The summed E-state index contributed by atoms with van der Waals surface area (Å²) in [5.74, 6) is -0.500. The Kier molecular flexibility index (Phi) is 7.44. The number of amides is 2. The van der Waals surface area contributed by atoms with Crippen molar-refractivity contribution in [1.29, 1.82) is 0 Å². The molecule has 142 valence electrons. The Bertz CT molecular complexity index is 620. The van der Waals surface area contributed by atoms with Crippen LogP contribution in [-0.4, -0.2) is 65.0 Å². The lowest BCUT2D eigenvalue weighted by atomic mass is 10.1. The molecule has 0 radical (unpaired) electrons. The Morgan fingerprint density at radius 1 is 1.19 bits per heavy atom. The molecule has 0 spiro atoms. The van der Waals surface area contributed by atoms with E-state index in [4.69, 9.17) is 9.84 Å². The van der Waals surface area contributed by atoms with E-state index in [2.05, 4.69) is 0 Å².